The molecule has 23 heavy (non-hydrogen) atoms. The minimum atomic E-state index is -0.313. The van der Waals surface area contributed by atoms with Gasteiger partial charge < -0.3 is 19.5 Å². The Morgan fingerprint density at radius 3 is 2.57 bits per heavy atom. The van der Waals surface area contributed by atoms with E-state index in [0.717, 1.165) is 38.0 Å². The van der Waals surface area contributed by atoms with E-state index in [-0.39, 0.29) is 12.0 Å². The number of piperidine rings is 1. The number of hydrogen-bond donors (Lipinski definition) is 1. The van der Waals surface area contributed by atoms with Gasteiger partial charge in [0.05, 0.1) is 25.3 Å². The highest BCUT2D eigenvalue weighted by Crippen LogP contribution is 2.43. The van der Waals surface area contributed by atoms with Gasteiger partial charge >= 0.3 is 0 Å². The number of halogens is 2. The standard InChI is InChI=1S/C17H25Cl2NO3/c1-4-6-20-7-5-14(21)12(10-20)8-11-9-13(18)17(23-3)15(19)16(11)22-2/h9,12,14,21H,4-8,10H2,1-3H3. The summed E-state index contributed by atoms with van der Waals surface area (Å²) in [5.74, 6) is 1.14. The molecule has 1 aromatic rings. The SMILES string of the molecule is CCCN1CCC(O)C(Cc2cc(Cl)c(OC)c(Cl)c2OC)C1. The van der Waals surface area contributed by atoms with Crippen LogP contribution < -0.4 is 9.47 Å². The summed E-state index contributed by atoms with van der Waals surface area (Å²) in [4.78, 5) is 2.40. The predicted molar refractivity (Wildman–Crippen MR) is 94.1 cm³/mol. The Bertz CT molecular complexity index is 539. The third-order valence-corrected chi connectivity index (χ3v) is 5.04. The lowest BCUT2D eigenvalue weighted by atomic mass is 9.88. The number of methoxy groups -OCH3 is 2. The number of aliphatic hydroxyl groups excluding tert-OH is 1. The van der Waals surface area contributed by atoms with Crippen molar-refractivity contribution in [2.45, 2.75) is 32.3 Å². The summed E-state index contributed by atoms with van der Waals surface area (Å²) in [5, 5.41) is 11.2. The fourth-order valence-electron chi connectivity index (χ4n) is 3.29. The highest BCUT2D eigenvalue weighted by molar-refractivity contribution is 6.38. The summed E-state index contributed by atoms with van der Waals surface area (Å²) >= 11 is 12.6. The van der Waals surface area contributed by atoms with E-state index in [0.29, 0.717) is 28.0 Å². The van der Waals surface area contributed by atoms with E-state index < -0.39 is 0 Å². The lowest BCUT2D eigenvalue weighted by molar-refractivity contribution is 0.0268. The molecule has 6 heteroatoms. The van der Waals surface area contributed by atoms with Crippen molar-refractivity contribution in [3.05, 3.63) is 21.7 Å². The third-order valence-electron chi connectivity index (χ3n) is 4.42. The summed E-state index contributed by atoms with van der Waals surface area (Å²) in [7, 11) is 3.11. The highest BCUT2D eigenvalue weighted by atomic mass is 35.5. The summed E-state index contributed by atoms with van der Waals surface area (Å²) in [6.07, 6.45) is 2.28. The van der Waals surface area contributed by atoms with Crippen LogP contribution in [-0.2, 0) is 6.42 Å². The fraction of sp³-hybridized carbons (Fsp3) is 0.647. The maximum atomic E-state index is 10.4. The van der Waals surface area contributed by atoms with Gasteiger partial charge in [-0.25, -0.2) is 0 Å². The van der Waals surface area contributed by atoms with Gasteiger partial charge in [-0.1, -0.05) is 30.1 Å². The van der Waals surface area contributed by atoms with E-state index in [1.165, 1.54) is 7.11 Å². The minimum absolute atomic E-state index is 0.143. The van der Waals surface area contributed by atoms with Crippen LogP contribution in [0.4, 0.5) is 0 Å². The molecule has 1 heterocycles. The number of aliphatic hydroxyl groups is 1. The zero-order valence-corrected chi connectivity index (χ0v) is 15.5. The molecule has 1 aliphatic rings. The largest absolute Gasteiger partial charge is 0.495 e. The van der Waals surface area contributed by atoms with Gasteiger partial charge in [0, 0.05) is 19.0 Å². The quantitative estimate of drug-likeness (QED) is 0.839. The van der Waals surface area contributed by atoms with Gasteiger partial charge in [-0.05, 0) is 37.4 Å². The molecule has 1 aromatic carbocycles. The van der Waals surface area contributed by atoms with Crippen molar-refractivity contribution >= 4 is 23.2 Å². The first kappa shape index (κ1) is 18.7. The first-order valence-electron chi connectivity index (χ1n) is 8.01. The summed E-state index contributed by atoms with van der Waals surface area (Å²) in [6.45, 7) is 5.06. The number of hydrogen-bond acceptors (Lipinski definition) is 4. The van der Waals surface area contributed by atoms with Crippen LogP contribution in [-0.4, -0.2) is 50.0 Å². The van der Waals surface area contributed by atoms with Crippen LogP contribution in [0.15, 0.2) is 6.07 Å². The molecule has 130 valence electrons. The van der Waals surface area contributed by atoms with Crippen molar-refractivity contribution in [3.63, 3.8) is 0 Å². The topological polar surface area (TPSA) is 41.9 Å². The molecule has 1 fully saturated rings. The van der Waals surface area contributed by atoms with Gasteiger partial charge in [0.25, 0.3) is 0 Å². The molecule has 0 amide bonds. The lowest BCUT2D eigenvalue weighted by Crippen LogP contribution is -2.44. The third kappa shape index (κ3) is 4.24. The van der Waals surface area contributed by atoms with E-state index in [2.05, 4.69) is 11.8 Å². The van der Waals surface area contributed by atoms with Crippen LogP contribution in [0, 0.1) is 5.92 Å². The maximum Gasteiger partial charge on any atom is 0.159 e. The van der Waals surface area contributed by atoms with Crippen molar-refractivity contribution in [3.8, 4) is 11.5 Å². The average molecular weight is 362 g/mol. The molecule has 0 aliphatic carbocycles. The molecule has 2 atom stereocenters. The van der Waals surface area contributed by atoms with E-state index in [1.807, 2.05) is 6.07 Å². The van der Waals surface area contributed by atoms with Gasteiger partial charge in [-0.15, -0.1) is 0 Å². The number of ether oxygens (including phenoxy) is 2. The molecule has 0 aromatic heterocycles. The van der Waals surface area contributed by atoms with Crippen molar-refractivity contribution in [1.82, 2.24) is 4.90 Å². The minimum Gasteiger partial charge on any atom is -0.495 e. The number of likely N-dealkylation sites (tertiary alicyclic amines) is 1. The van der Waals surface area contributed by atoms with Crippen LogP contribution in [0.2, 0.25) is 10.0 Å². The fourth-order valence-corrected chi connectivity index (χ4v) is 4.02. The monoisotopic (exact) mass is 361 g/mol. The number of rotatable bonds is 6. The molecule has 2 rings (SSSR count). The van der Waals surface area contributed by atoms with Crippen molar-refractivity contribution in [2.24, 2.45) is 5.92 Å². The first-order chi connectivity index (χ1) is 11.0. The van der Waals surface area contributed by atoms with Gasteiger partial charge in [0.1, 0.15) is 10.8 Å². The summed E-state index contributed by atoms with van der Waals surface area (Å²) in [6, 6.07) is 1.83. The molecular formula is C17H25Cl2NO3. The highest BCUT2D eigenvalue weighted by Gasteiger charge is 2.29. The molecule has 1 saturated heterocycles. The second kappa shape index (κ2) is 8.43. The Hall–Kier alpha value is -0.680. The average Bonchev–Trinajstić information content (AvgIpc) is 2.51. The van der Waals surface area contributed by atoms with E-state index >= 15 is 0 Å². The zero-order chi connectivity index (χ0) is 17.0. The van der Waals surface area contributed by atoms with E-state index in [4.69, 9.17) is 32.7 Å². The van der Waals surface area contributed by atoms with Gasteiger partial charge in [-0.2, -0.15) is 0 Å². The van der Waals surface area contributed by atoms with Crippen molar-refractivity contribution < 1.29 is 14.6 Å². The molecule has 0 bridgehead atoms. The Kier molecular flexibility index (Phi) is 6.84. The number of nitrogens with zero attached hydrogens (tertiary/aromatic N) is 1. The maximum absolute atomic E-state index is 10.4. The summed E-state index contributed by atoms with van der Waals surface area (Å²) < 4.78 is 10.7. The summed E-state index contributed by atoms with van der Waals surface area (Å²) in [5.41, 5.74) is 0.908. The van der Waals surface area contributed by atoms with Crippen LogP contribution in [0.5, 0.6) is 11.5 Å². The molecular weight excluding hydrogens is 337 g/mol. The second-order valence-electron chi connectivity index (χ2n) is 6.02. The molecule has 0 spiro atoms. The molecule has 1 N–H and O–H groups in total. The van der Waals surface area contributed by atoms with Crippen molar-refractivity contribution in [1.29, 1.82) is 0 Å². The number of benzene rings is 1. The van der Waals surface area contributed by atoms with E-state index in [9.17, 15) is 5.11 Å². The van der Waals surface area contributed by atoms with Gasteiger partial charge in [0.2, 0.25) is 0 Å². The second-order valence-corrected chi connectivity index (χ2v) is 6.80. The van der Waals surface area contributed by atoms with Crippen LogP contribution in [0.25, 0.3) is 0 Å². The van der Waals surface area contributed by atoms with Crippen LogP contribution >= 0.6 is 23.2 Å². The zero-order valence-electron chi connectivity index (χ0n) is 13.9. The smallest absolute Gasteiger partial charge is 0.159 e. The molecule has 1 aliphatic heterocycles. The molecule has 0 saturated carbocycles. The Morgan fingerprint density at radius 2 is 1.96 bits per heavy atom. The molecule has 0 radical (unpaired) electrons. The molecule has 2 unspecified atom stereocenters. The predicted octanol–water partition coefficient (Wildman–Crippen LogP) is 3.65. The van der Waals surface area contributed by atoms with Gasteiger partial charge in [0.15, 0.2) is 5.75 Å². The van der Waals surface area contributed by atoms with Crippen LogP contribution in [0.3, 0.4) is 0 Å². The van der Waals surface area contributed by atoms with Crippen molar-refractivity contribution in [2.75, 3.05) is 33.9 Å². The molecule has 4 nitrogen and oxygen atoms in total. The first-order valence-corrected chi connectivity index (χ1v) is 8.76. The van der Waals surface area contributed by atoms with Crippen LogP contribution in [0.1, 0.15) is 25.3 Å². The van der Waals surface area contributed by atoms with Gasteiger partial charge in [-0.3, -0.25) is 0 Å². The normalized spacial score (nSPS) is 22.2. The lowest BCUT2D eigenvalue weighted by Gasteiger charge is -2.36. The Balaban J connectivity index is 2.24. The van der Waals surface area contributed by atoms with E-state index in [1.54, 1.807) is 7.11 Å². The Labute approximate surface area is 148 Å². The Morgan fingerprint density at radius 1 is 1.26 bits per heavy atom.